The number of carbonyl (C=O) groups is 3. The maximum Gasteiger partial charge on any atom is 0.573 e. The van der Waals surface area contributed by atoms with Crippen LogP contribution in [0, 0.1) is 12.7 Å². The Hall–Kier alpha value is -5.40. The molecule has 1 aromatic heterocycles. The molecule has 0 aliphatic heterocycles. The summed E-state index contributed by atoms with van der Waals surface area (Å²) in [5.74, 6) is -3.01. The average Bonchev–Trinajstić information content (AvgIpc) is 3.25. The summed E-state index contributed by atoms with van der Waals surface area (Å²) >= 11 is 0. The van der Waals surface area contributed by atoms with Crippen LogP contribution < -0.4 is 15.4 Å². The summed E-state index contributed by atoms with van der Waals surface area (Å²) in [4.78, 5) is 37.4. The Morgan fingerprint density at radius 1 is 1.00 bits per heavy atom. The lowest BCUT2D eigenvalue weighted by Gasteiger charge is -2.16. The molecule has 0 bridgehead atoms. The molecule has 3 N–H and O–H groups in total. The minimum Gasteiger partial charge on any atom is -0.480 e. The van der Waals surface area contributed by atoms with Crippen LogP contribution in [0.15, 0.2) is 72.8 Å². The van der Waals surface area contributed by atoms with Gasteiger partial charge in [0.1, 0.15) is 29.4 Å². The van der Waals surface area contributed by atoms with Crippen LogP contribution in [0.4, 0.5) is 28.0 Å². The largest absolute Gasteiger partial charge is 0.573 e. The van der Waals surface area contributed by atoms with Gasteiger partial charge in [0.2, 0.25) is 0 Å². The number of rotatable bonds is 10. The zero-order chi connectivity index (χ0) is 32.9. The second-order valence-corrected chi connectivity index (χ2v) is 9.96. The number of aliphatic carboxylic acids is 1. The quantitative estimate of drug-likeness (QED) is 0.179. The summed E-state index contributed by atoms with van der Waals surface area (Å²) in [6, 6.07) is 15.2. The van der Waals surface area contributed by atoms with Crippen molar-refractivity contribution < 1.29 is 46.5 Å². The van der Waals surface area contributed by atoms with E-state index in [0.29, 0.717) is 28.2 Å². The third-order valence-electron chi connectivity index (χ3n) is 6.81. The van der Waals surface area contributed by atoms with Crippen LogP contribution in [-0.2, 0) is 23.0 Å². The zero-order valence-corrected chi connectivity index (χ0v) is 24.2. The molecule has 0 spiro atoms. The lowest BCUT2D eigenvalue weighted by Crippen LogP contribution is -2.42. The fraction of sp³-hybridized carbons (Fsp3) is 0.226. The van der Waals surface area contributed by atoms with E-state index in [1.807, 2.05) is 0 Å². The van der Waals surface area contributed by atoms with E-state index in [0.717, 1.165) is 12.1 Å². The first-order valence-corrected chi connectivity index (χ1v) is 13.5. The zero-order valence-electron chi connectivity index (χ0n) is 24.2. The van der Waals surface area contributed by atoms with Crippen LogP contribution in [0.5, 0.6) is 5.75 Å². The number of carbonyl (C=O) groups excluding carboxylic acids is 2. The normalized spacial score (nSPS) is 12.6. The number of benzene rings is 3. The maximum absolute atomic E-state index is 14.1. The van der Waals surface area contributed by atoms with Crippen LogP contribution >= 0.6 is 0 Å². The van der Waals surface area contributed by atoms with Crippen LogP contribution in [0.3, 0.4) is 0 Å². The summed E-state index contributed by atoms with van der Waals surface area (Å²) in [6.07, 6.45) is -6.76. The standard InChI is InChI=1S/C31H28F4N4O6/c1-17-26(37-30(43)44-18(2)23-6-4-5-7-24(23)32)27(38-39(17)3)20-10-12-21(13-11-20)28(40)36-25(29(41)42)16-19-8-14-22(15-9-19)45-31(33,34)35/h4-15,18,25H,16H2,1-3H3,(H,36,40)(H,37,43)(H,41,42). The topological polar surface area (TPSA) is 132 Å². The second-order valence-electron chi connectivity index (χ2n) is 9.96. The molecule has 0 fully saturated rings. The van der Waals surface area contributed by atoms with Crippen molar-refractivity contribution in [2.75, 3.05) is 5.32 Å². The summed E-state index contributed by atoms with van der Waals surface area (Å²) in [7, 11) is 1.67. The summed E-state index contributed by atoms with van der Waals surface area (Å²) < 4.78 is 62.0. The number of hydrogen-bond acceptors (Lipinski definition) is 6. The Kier molecular flexibility index (Phi) is 9.75. The minimum absolute atomic E-state index is 0.124. The van der Waals surface area contributed by atoms with Gasteiger partial charge in [0.15, 0.2) is 0 Å². The molecule has 1 heterocycles. The maximum atomic E-state index is 14.1. The lowest BCUT2D eigenvalue weighted by molar-refractivity contribution is -0.274. The van der Waals surface area contributed by atoms with Gasteiger partial charge in [-0.15, -0.1) is 13.2 Å². The molecule has 0 saturated carbocycles. The van der Waals surface area contributed by atoms with Gasteiger partial charge in [0, 0.05) is 30.2 Å². The number of halogens is 4. The number of alkyl halides is 3. The molecule has 14 heteroatoms. The second kappa shape index (κ2) is 13.5. The fourth-order valence-corrected chi connectivity index (χ4v) is 4.40. The van der Waals surface area contributed by atoms with E-state index >= 15 is 0 Å². The molecular formula is C31H28F4N4O6. The third kappa shape index (κ3) is 8.37. The van der Waals surface area contributed by atoms with Gasteiger partial charge < -0.3 is 19.9 Å². The third-order valence-corrected chi connectivity index (χ3v) is 6.81. The smallest absolute Gasteiger partial charge is 0.480 e. The predicted octanol–water partition coefficient (Wildman–Crippen LogP) is 6.17. The molecule has 4 aromatic rings. The van der Waals surface area contributed by atoms with Gasteiger partial charge in [-0.3, -0.25) is 14.8 Å². The Morgan fingerprint density at radius 2 is 1.64 bits per heavy atom. The van der Waals surface area contributed by atoms with Crippen LogP contribution in [0.25, 0.3) is 11.3 Å². The number of hydrogen-bond donors (Lipinski definition) is 3. The molecule has 0 aliphatic carbocycles. The van der Waals surface area contributed by atoms with Crippen molar-refractivity contribution in [2.24, 2.45) is 7.05 Å². The summed E-state index contributed by atoms with van der Waals surface area (Å²) in [6.45, 7) is 3.26. The molecule has 2 amide bonds. The van der Waals surface area contributed by atoms with Crippen LogP contribution in [0.1, 0.15) is 40.2 Å². The van der Waals surface area contributed by atoms with E-state index in [4.69, 9.17) is 4.74 Å². The Bertz CT molecular complexity index is 1690. The first-order chi connectivity index (χ1) is 21.2. The molecule has 2 unspecified atom stereocenters. The van der Waals surface area contributed by atoms with E-state index in [9.17, 15) is 37.1 Å². The fourth-order valence-electron chi connectivity index (χ4n) is 4.40. The van der Waals surface area contributed by atoms with Crippen molar-refractivity contribution in [2.45, 2.75) is 38.8 Å². The monoisotopic (exact) mass is 628 g/mol. The summed E-state index contributed by atoms with van der Waals surface area (Å²) in [5.41, 5.74) is 2.49. The van der Waals surface area contributed by atoms with Crippen molar-refractivity contribution in [3.05, 3.63) is 101 Å². The van der Waals surface area contributed by atoms with E-state index in [1.165, 1.54) is 54.1 Å². The van der Waals surface area contributed by atoms with Gasteiger partial charge in [0.05, 0.1) is 11.4 Å². The van der Waals surface area contributed by atoms with Crippen LogP contribution in [-0.4, -0.2) is 45.3 Å². The van der Waals surface area contributed by atoms with Gasteiger partial charge >= 0.3 is 18.4 Å². The molecule has 236 valence electrons. The molecule has 3 aromatic carbocycles. The number of carboxylic acids is 1. The summed E-state index contributed by atoms with van der Waals surface area (Å²) in [5, 5.41) is 19.1. The van der Waals surface area contributed by atoms with E-state index in [-0.39, 0.29) is 17.5 Å². The Morgan fingerprint density at radius 3 is 2.24 bits per heavy atom. The van der Waals surface area contributed by atoms with Crippen molar-refractivity contribution in [3.63, 3.8) is 0 Å². The molecule has 45 heavy (non-hydrogen) atoms. The number of aryl methyl sites for hydroxylation is 1. The van der Waals surface area contributed by atoms with Crippen molar-refractivity contribution >= 4 is 23.7 Å². The van der Waals surface area contributed by atoms with Gasteiger partial charge in [0.25, 0.3) is 5.91 Å². The molecule has 4 rings (SSSR count). The van der Waals surface area contributed by atoms with Crippen molar-refractivity contribution in [3.8, 4) is 17.0 Å². The highest BCUT2D eigenvalue weighted by Crippen LogP contribution is 2.31. The van der Waals surface area contributed by atoms with Crippen LogP contribution in [0.2, 0.25) is 0 Å². The van der Waals surface area contributed by atoms with Crippen molar-refractivity contribution in [1.82, 2.24) is 15.1 Å². The number of nitrogens with one attached hydrogen (secondary N) is 2. The van der Waals surface area contributed by atoms with Crippen molar-refractivity contribution in [1.29, 1.82) is 0 Å². The number of anilines is 1. The van der Waals surface area contributed by atoms with Gasteiger partial charge in [-0.25, -0.2) is 14.0 Å². The molecule has 0 saturated heterocycles. The number of nitrogens with zero attached hydrogens (tertiary/aromatic N) is 2. The predicted molar refractivity (Wildman–Crippen MR) is 154 cm³/mol. The highest BCUT2D eigenvalue weighted by atomic mass is 19.4. The van der Waals surface area contributed by atoms with Gasteiger partial charge in [-0.2, -0.15) is 5.10 Å². The number of carboxylic acid groups (broad SMARTS) is 1. The molecular weight excluding hydrogens is 600 g/mol. The number of aromatic nitrogens is 2. The molecule has 0 aliphatic rings. The first-order valence-electron chi connectivity index (χ1n) is 13.5. The van der Waals surface area contributed by atoms with E-state index in [1.54, 1.807) is 32.2 Å². The SMILES string of the molecule is Cc1c(NC(=O)OC(C)c2ccccc2F)c(-c2ccc(C(=O)NC(Cc3ccc(OC(F)(F)F)cc3)C(=O)O)cc2)nn1C. The lowest BCUT2D eigenvalue weighted by atomic mass is 10.0. The minimum atomic E-state index is -4.86. The van der Waals surface area contributed by atoms with E-state index < -0.39 is 48.0 Å². The molecule has 10 nitrogen and oxygen atoms in total. The molecule has 2 atom stereocenters. The highest BCUT2D eigenvalue weighted by Gasteiger charge is 2.31. The van der Waals surface area contributed by atoms with Gasteiger partial charge in [-0.05, 0) is 49.7 Å². The Labute approximate surface area is 254 Å². The Balaban J connectivity index is 1.44. The number of amides is 2. The van der Waals surface area contributed by atoms with Gasteiger partial charge in [-0.1, -0.05) is 42.5 Å². The number of ether oxygens (including phenoxy) is 2. The average molecular weight is 629 g/mol. The van der Waals surface area contributed by atoms with E-state index in [2.05, 4.69) is 20.5 Å². The molecule has 0 radical (unpaired) electrons. The first kappa shape index (κ1) is 32.5. The highest BCUT2D eigenvalue weighted by molar-refractivity contribution is 5.97.